The minimum atomic E-state index is 0. The maximum absolute atomic E-state index is 5.45. The zero-order valence-electron chi connectivity index (χ0n) is 11.7. The van der Waals surface area contributed by atoms with Crippen molar-refractivity contribution in [2.75, 3.05) is 14.2 Å². The summed E-state index contributed by atoms with van der Waals surface area (Å²) in [5, 5.41) is 0. The van der Waals surface area contributed by atoms with E-state index in [4.69, 9.17) is 9.47 Å². The number of hydrogen-bond donors (Lipinski definition) is 0. The second-order valence-corrected chi connectivity index (χ2v) is 4.03. The van der Waals surface area contributed by atoms with Gasteiger partial charge in [0.05, 0.1) is 14.2 Å². The number of rotatable bonds is 4. The van der Waals surface area contributed by atoms with Crippen molar-refractivity contribution in [1.29, 1.82) is 0 Å². The Morgan fingerprint density at radius 2 is 1.35 bits per heavy atom. The van der Waals surface area contributed by atoms with Crippen LogP contribution in [-0.4, -0.2) is 14.2 Å². The first-order chi connectivity index (χ1) is 7.58. The molecule has 0 atom stereocenters. The fourth-order valence-corrected chi connectivity index (χ4v) is 2.16. The second-order valence-electron chi connectivity index (χ2n) is 4.03. The van der Waals surface area contributed by atoms with Gasteiger partial charge in [-0.25, -0.2) is 0 Å². The predicted molar refractivity (Wildman–Crippen MR) is 67.4 cm³/mol. The third-order valence-corrected chi connectivity index (χ3v) is 3.17. The van der Waals surface area contributed by atoms with E-state index in [9.17, 15) is 0 Å². The molecular formula is C14H21O2Y+2. The standard InChI is InChI=1S/C14H21O2.Y/c1-7-8-12-9(2)10(3)13(15-5)14(16-6)11(12)4;/h7H,8H2,1-6H3;/q-1;+3. The molecule has 0 amide bonds. The molecule has 1 rings (SSSR count). The van der Waals surface area contributed by atoms with Crippen LogP contribution in [-0.2, 0) is 39.1 Å². The summed E-state index contributed by atoms with van der Waals surface area (Å²) in [5.41, 5.74) is 4.99. The number of methoxy groups -OCH3 is 2. The smallest absolute Gasteiger partial charge is 0.493 e. The maximum Gasteiger partial charge on any atom is 3.00 e. The van der Waals surface area contributed by atoms with Gasteiger partial charge in [-0.1, -0.05) is 5.56 Å². The van der Waals surface area contributed by atoms with E-state index < -0.39 is 0 Å². The van der Waals surface area contributed by atoms with Gasteiger partial charge < -0.3 is 15.9 Å². The van der Waals surface area contributed by atoms with Gasteiger partial charge in [-0.05, 0) is 37.5 Å². The molecule has 0 saturated carbocycles. The Hall–Kier alpha value is -0.0761. The molecular weight excluding hydrogens is 289 g/mol. The summed E-state index contributed by atoms with van der Waals surface area (Å²) in [7, 11) is 3.38. The molecule has 0 radical (unpaired) electrons. The first-order valence-corrected chi connectivity index (χ1v) is 5.56. The molecule has 0 aliphatic heterocycles. The first-order valence-electron chi connectivity index (χ1n) is 5.56. The molecule has 0 N–H and O–H groups in total. The van der Waals surface area contributed by atoms with Crippen molar-refractivity contribution in [3.63, 3.8) is 0 Å². The van der Waals surface area contributed by atoms with Crippen LogP contribution < -0.4 is 9.47 Å². The van der Waals surface area contributed by atoms with Crippen LogP contribution in [0, 0.1) is 27.2 Å². The Balaban J connectivity index is 0.00000256. The van der Waals surface area contributed by atoms with Gasteiger partial charge in [0.25, 0.3) is 0 Å². The van der Waals surface area contributed by atoms with Crippen molar-refractivity contribution in [3.8, 4) is 11.5 Å². The maximum atomic E-state index is 5.45. The fourth-order valence-electron chi connectivity index (χ4n) is 2.16. The molecule has 0 aliphatic rings. The molecule has 0 aliphatic carbocycles. The van der Waals surface area contributed by atoms with E-state index in [-0.39, 0.29) is 32.7 Å². The normalized spacial score (nSPS) is 9.76. The average Bonchev–Trinajstić information content (AvgIpc) is 2.29. The Bertz CT molecular complexity index is 387. The van der Waals surface area contributed by atoms with Crippen LogP contribution in [0.25, 0.3) is 0 Å². The van der Waals surface area contributed by atoms with Crippen molar-refractivity contribution in [3.05, 3.63) is 28.7 Å². The molecule has 17 heavy (non-hydrogen) atoms. The van der Waals surface area contributed by atoms with E-state index in [1.165, 1.54) is 22.3 Å². The molecule has 0 bridgehead atoms. The Morgan fingerprint density at radius 3 is 1.76 bits per heavy atom. The Morgan fingerprint density at radius 1 is 0.882 bits per heavy atom. The summed E-state index contributed by atoms with van der Waals surface area (Å²) in [5.74, 6) is 1.72. The average molecular weight is 310 g/mol. The second kappa shape index (κ2) is 7.38. The summed E-state index contributed by atoms with van der Waals surface area (Å²) >= 11 is 0. The van der Waals surface area contributed by atoms with Crippen molar-refractivity contribution < 1.29 is 42.2 Å². The van der Waals surface area contributed by atoms with E-state index in [1.807, 2.05) is 0 Å². The van der Waals surface area contributed by atoms with Gasteiger partial charge in [0.2, 0.25) is 0 Å². The van der Waals surface area contributed by atoms with E-state index in [2.05, 4.69) is 34.1 Å². The van der Waals surface area contributed by atoms with Gasteiger partial charge in [0.1, 0.15) is 0 Å². The van der Waals surface area contributed by atoms with Crippen LogP contribution in [0.1, 0.15) is 29.2 Å². The van der Waals surface area contributed by atoms with Gasteiger partial charge in [-0.3, -0.25) is 0 Å². The zero-order valence-corrected chi connectivity index (χ0v) is 14.5. The monoisotopic (exact) mass is 310 g/mol. The SMILES string of the molecule is C[CH-]Cc1c(C)c(C)c(OC)c(OC)c1C.[Y+3]. The predicted octanol–water partition coefficient (Wildman–Crippen LogP) is 3.39. The third kappa shape index (κ3) is 3.23. The van der Waals surface area contributed by atoms with Crippen molar-refractivity contribution >= 4 is 0 Å². The topological polar surface area (TPSA) is 18.5 Å². The molecule has 3 heteroatoms. The number of benzene rings is 1. The van der Waals surface area contributed by atoms with Gasteiger partial charge in [-0.15, -0.1) is 0 Å². The molecule has 0 unspecified atom stereocenters. The molecule has 1 aromatic rings. The van der Waals surface area contributed by atoms with Crippen LogP contribution in [0.5, 0.6) is 11.5 Å². The number of hydrogen-bond acceptors (Lipinski definition) is 2. The van der Waals surface area contributed by atoms with E-state index in [0.29, 0.717) is 0 Å². The Labute approximate surface area is 130 Å². The molecule has 2 nitrogen and oxygen atoms in total. The summed E-state index contributed by atoms with van der Waals surface area (Å²) in [6.07, 6.45) is 3.14. The molecule has 0 saturated heterocycles. The largest absolute Gasteiger partial charge is 3.00 e. The van der Waals surface area contributed by atoms with Crippen LogP contribution in [0.4, 0.5) is 0 Å². The molecule has 1 aromatic carbocycles. The van der Waals surface area contributed by atoms with Crippen LogP contribution >= 0.6 is 0 Å². The van der Waals surface area contributed by atoms with Gasteiger partial charge in [0, 0.05) is 0 Å². The van der Waals surface area contributed by atoms with Crippen LogP contribution in [0.15, 0.2) is 0 Å². The minimum absolute atomic E-state index is 0. The van der Waals surface area contributed by atoms with E-state index >= 15 is 0 Å². The zero-order chi connectivity index (χ0) is 12.3. The summed E-state index contributed by atoms with van der Waals surface area (Å²) in [6, 6.07) is 0. The summed E-state index contributed by atoms with van der Waals surface area (Å²) < 4.78 is 10.9. The first kappa shape index (κ1) is 16.9. The summed E-state index contributed by atoms with van der Waals surface area (Å²) in [6.45, 7) is 8.38. The molecule has 0 spiro atoms. The molecule has 90 valence electrons. The van der Waals surface area contributed by atoms with E-state index in [0.717, 1.165) is 17.9 Å². The fraction of sp³-hybridized carbons (Fsp3) is 0.500. The molecule has 0 aromatic heterocycles. The quantitative estimate of drug-likeness (QED) is 0.794. The van der Waals surface area contributed by atoms with E-state index in [1.54, 1.807) is 14.2 Å². The van der Waals surface area contributed by atoms with Gasteiger partial charge >= 0.3 is 32.7 Å². The Kier molecular flexibility index (Phi) is 7.35. The van der Waals surface area contributed by atoms with Gasteiger partial charge in [0.15, 0.2) is 11.5 Å². The third-order valence-electron chi connectivity index (χ3n) is 3.17. The number of ether oxygens (including phenoxy) is 2. The summed E-state index contributed by atoms with van der Waals surface area (Å²) in [4.78, 5) is 0. The van der Waals surface area contributed by atoms with Crippen molar-refractivity contribution in [1.82, 2.24) is 0 Å². The molecule has 0 heterocycles. The minimum Gasteiger partial charge on any atom is -0.493 e. The van der Waals surface area contributed by atoms with Crippen molar-refractivity contribution in [2.45, 2.75) is 34.1 Å². The van der Waals surface area contributed by atoms with Gasteiger partial charge in [-0.2, -0.15) is 13.3 Å². The van der Waals surface area contributed by atoms with Crippen LogP contribution in [0.2, 0.25) is 0 Å². The van der Waals surface area contributed by atoms with Crippen molar-refractivity contribution in [2.24, 2.45) is 0 Å². The molecule has 0 fully saturated rings. The van der Waals surface area contributed by atoms with Crippen LogP contribution in [0.3, 0.4) is 0 Å².